The molecule has 0 radical (unpaired) electrons. The molecule has 1 aromatic heterocycles. The van der Waals surface area contributed by atoms with Gasteiger partial charge < -0.3 is 9.88 Å². The third-order valence-electron chi connectivity index (χ3n) is 3.37. The molecule has 0 spiro atoms. The average Bonchev–Trinajstić information content (AvgIpc) is 3.16. The maximum absolute atomic E-state index is 12.0. The number of aromatic nitrogens is 1. The maximum atomic E-state index is 12.0. The number of thiazole rings is 1. The zero-order chi connectivity index (χ0) is 14.1. The van der Waals surface area contributed by atoms with Crippen LogP contribution in [0, 0.1) is 10.9 Å². The first-order valence-corrected chi connectivity index (χ1v) is 7.97. The summed E-state index contributed by atoms with van der Waals surface area (Å²) in [6.07, 6.45) is 2.21. The van der Waals surface area contributed by atoms with Crippen LogP contribution in [0.3, 0.4) is 0 Å². The summed E-state index contributed by atoms with van der Waals surface area (Å²) in [6.45, 7) is 2.37. The van der Waals surface area contributed by atoms with Gasteiger partial charge in [-0.15, -0.1) is 11.3 Å². The normalized spacial score (nSPS) is 14.2. The van der Waals surface area contributed by atoms with Crippen LogP contribution < -0.4 is 5.32 Å². The molecule has 0 atom stereocenters. The smallest absolute Gasteiger partial charge is 0.240 e. The molecule has 0 unspecified atom stereocenters. The topological polar surface area (TPSA) is 34.0 Å². The summed E-state index contributed by atoms with van der Waals surface area (Å²) in [5.41, 5.74) is 3.34. The van der Waals surface area contributed by atoms with Gasteiger partial charge in [0, 0.05) is 11.4 Å². The van der Waals surface area contributed by atoms with Crippen LogP contribution in [-0.2, 0) is 11.3 Å². The number of aryl methyl sites for hydroxylation is 1. The fourth-order valence-corrected chi connectivity index (χ4v) is 3.15. The number of amides is 1. The highest BCUT2D eigenvalue weighted by Crippen LogP contribution is 2.25. The summed E-state index contributed by atoms with van der Waals surface area (Å²) in [6, 6.07) is 8.68. The predicted octanol–water partition coefficient (Wildman–Crippen LogP) is 3.53. The van der Waals surface area contributed by atoms with Gasteiger partial charge in [0.05, 0.1) is 5.69 Å². The highest BCUT2D eigenvalue weighted by atomic mass is 32.1. The molecule has 1 amide bonds. The molecule has 1 aromatic carbocycles. The van der Waals surface area contributed by atoms with Gasteiger partial charge >= 0.3 is 0 Å². The molecule has 0 aliphatic heterocycles. The molecule has 104 valence electrons. The van der Waals surface area contributed by atoms with E-state index in [0.29, 0.717) is 12.6 Å². The van der Waals surface area contributed by atoms with Crippen molar-refractivity contribution in [3.63, 3.8) is 0 Å². The van der Waals surface area contributed by atoms with Gasteiger partial charge in [0.1, 0.15) is 6.54 Å². The van der Waals surface area contributed by atoms with Crippen LogP contribution >= 0.6 is 23.6 Å². The first kappa shape index (κ1) is 13.5. The van der Waals surface area contributed by atoms with Crippen LogP contribution in [-0.4, -0.2) is 16.5 Å². The van der Waals surface area contributed by atoms with E-state index in [0.717, 1.165) is 28.1 Å². The number of benzene rings is 1. The molecule has 1 aliphatic carbocycles. The number of carbonyl (C=O) groups is 1. The lowest BCUT2D eigenvalue weighted by atomic mass is 10.1. The molecule has 0 saturated heterocycles. The van der Waals surface area contributed by atoms with Gasteiger partial charge in [-0.2, -0.15) is 0 Å². The van der Waals surface area contributed by atoms with Crippen molar-refractivity contribution >= 4 is 29.5 Å². The van der Waals surface area contributed by atoms with Gasteiger partial charge in [0.2, 0.25) is 5.91 Å². The first-order valence-electron chi connectivity index (χ1n) is 6.68. The zero-order valence-corrected chi connectivity index (χ0v) is 12.9. The fraction of sp³-hybridized carbons (Fsp3) is 0.333. The lowest BCUT2D eigenvalue weighted by Gasteiger charge is -2.09. The second kappa shape index (κ2) is 5.50. The van der Waals surface area contributed by atoms with Crippen molar-refractivity contribution in [1.82, 2.24) is 9.88 Å². The van der Waals surface area contributed by atoms with E-state index in [1.807, 2.05) is 9.95 Å². The molecule has 1 heterocycles. The van der Waals surface area contributed by atoms with Gasteiger partial charge in [-0.25, -0.2) is 0 Å². The number of rotatable bonds is 4. The van der Waals surface area contributed by atoms with Crippen LogP contribution in [0.4, 0.5) is 0 Å². The summed E-state index contributed by atoms with van der Waals surface area (Å²) in [7, 11) is 0. The maximum Gasteiger partial charge on any atom is 0.240 e. The Morgan fingerprint density at radius 2 is 2.10 bits per heavy atom. The van der Waals surface area contributed by atoms with Gasteiger partial charge in [-0.3, -0.25) is 4.79 Å². The first-order chi connectivity index (χ1) is 9.63. The SMILES string of the molecule is Cc1ccc(-c2csc(=S)n2CC(=O)NC2CC2)cc1. The number of carbonyl (C=O) groups excluding carboxylic acids is 1. The van der Waals surface area contributed by atoms with E-state index in [1.54, 1.807) is 0 Å². The minimum atomic E-state index is 0.0513. The monoisotopic (exact) mass is 304 g/mol. The van der Waals surface area contributed by atoms with Crippen LogP contribution in [0.1, 0.15) is 18.4 Å². The van der Waals surface area contributed by atoms with E-state index in [1.165, 1.54) is 16.9 Å². The van der Waals surface area contributed by atoms with E-state index >= 15 is 0 Å². The Bertz CT molecular complexity index is 681. The highest BCUT2D eigenvalue weighted by Gasteiger charge is 2.23. The van der Waals surface area contributed by atoms with Crippen molar-refractivity contribution in [2.45, 2.75) is 32.4 Å². The molecule has 2 aromatic rings. The quantitative estimate of drug-likeness (QED) is 0.877. The number of hydrogen-bond donors (Lipinski definition) is 1. The molecular weight excluding hydrogens is 288 g/mol. The molecule has 1 saturated carbocycles. The highest BCUT2D eigenvalue weighted by molar-refractivity contribution is 7.73. The number of nitrogens with zero attached hydrogens (tertiary/aromatic N) is 1. The Kier molecular flexibility index (Phi) is 3.72. The van der Waals surface area contributed by atoms with Crippen LogP contribution in [0.15, 0.2) is 29.6 Å². The molecule has 3 rings (SSSR count). The molecule has 0 bridgehead atoms. The lowest BCUT2D eigenvalue weighted by Crippen LogP contribution is -2.29. The number of hydrogen-bond acceptors (Lipinski definition) is 3. The Balaban J connectivity index is 1.86. The summed E-state index contributed by atoms with van der Waals surface area (Å²) in [5, 5.41) is 5.03. The minimum absolute atomic E-state index is 0.0513. The molecule has 1 N–H and O–H groups in total. The van der Waals surface area contributed by atoms with Crippen molar-refractivity contribution in [2.24, 2.45) is 0 Å². The van der Waals surface area contributed by atoms with E-state index in [-0.39, 0.29) is 5.91 Å². The Hall–Kier alpha value is -1.46. The lowest BCUT2D eigenvalue weighted by molar-refractivity contribution is -0.121. The van der Waals surface area contributed by atoms with E-state index in [2.05, 4.69) is 36.5 Å². The summed E-state index contributed by atoms with van der Waals surface area (Å²) < 4.78 is 2.66. The van der Waals surface area contributed by atoms with Crippen molar-refractivity contribution < 1.29 is 4.79 Å². The van der Waals surface area contributed by atoms with Crippen molar-refractivity contribution in [3.8, 4) is 11.3 Å². The summed E-state index contributed by atoms with van der Waals surface area (Å²) in [4.78, 5) is 12.0. The van der Waals surface area contributed by atoms with Crippen LogP contribution in [0.25, 0.3) is 11.3 Å². The van der Waals surface area contributed by atoms with Gasteiger partial charge in [0.25, 0.3) is 0 Å². The molecule has 5 heteroatoms. The fourth-order valence-electron chi connectivity index (χ4n) is 2.07. The van der Waals surface area contributed by atoms with E-state index in [9.17, 15) is 4.79 Å². The van der Waals surface area contributed by atoms with Crippen molar-refractivity contribution in [1.29, 1.82) is 0 Å². The Labute approximate surface area is 127 Å². The zero-order valence-electron chi connectivity index (χ0n) is 11.3. The molecule has 3 nitrogen and oxygen atoms in total. The number of nitrogens with one attached hydrogen (secondary N) is 1. The standard InChI is InChI=1S/C15H16N2OS2/c1-10-2-4-11(5-3-10)13-9-20-15(19)17(13)8-14(18)16-12-6-7-12/h2-5,9,12H,6-8H2,1H3,(H,16,18). The second-order valence-electron chi connectivity index (χ2n) is 5.18. The van der Waals surface area contributed by atoms with Gasteiger partial charge in [-0.1, -0.05) is 29.8 Å². The predicted molar refractivity (Wildman–Crippen MR) is 84.5 cm³/mol. The van der Waals surface area contributed by atoms with Crippen molar-refractivity contribution in [3.05, 3.63) is 39.2 Å². The van der Waals surface area contributed by atoms with Crippen molar-refractivity contribution in [2.75, 3.05) is 0 Å². The average molecular weight is 304 g/mol. The Morgan fingerprint density at radius 3 is 2.75 bits per heavy atom. The minimum Gasteiger partial charge on any atom is -0.352 e. The molecule has 20 heavy (non-hydrogen) atoms. The molecule has 1 aliphatic rings. The second-order valence-corrected chi connectivity index (χ2v) is 6.68. The van der Waals surface area contributed by atoms with Crippen LogP contribution in [0.2, 0.25) is 0 Å². The van der Waals surface area contributed by atoms with Gasteiger partial charge in [-0.05, 0) is 37.5 Å². The van der Waals surface area contributed by atoms with Gasteiger partial charge in [0.15, 0.2) is 3.95 Å². The largest absolute Gasteiger partial charge is 0.352 e. The third kappa shape index (κ3) is 2.99. The summed E-state index contributed by atoms with van der Waals surface area (Å²) >= 11 is 6.85. The summed E-state index contributed by atoms with van der Waals surface area (Å²) in [5.74, 6) is 0.0513. The third-order valence-corrected chi connectivity index (χ3v) is 4.65. The van der Waals surface area contributed by atoms with E-state index in [4.69, 9.17) is 12.2 Å². The molecular formula is C15H16N2OS2. The van der Waals surface area contributed by atoms with E-state index < -0.39 is 0 Å². The Morgan fingerprint density at radius 1 is 1.40 bits per heavy atom. The van der Waals surface area contributed by atoms with Crippen LogP contribution in [0.5, 0.6) is 0 Å². The molecule has 1 fully saturated rings.